The number of imidazole rings is 1. The molecule has 0 fully saturated rings. The average Bonchev–Trinajstić information content (AvgIpc) is 3.25. The summed E-state index contributed by atoms with van der Waals surface area (Å²) in [5, 5.41) is 0. The lowest BCUT2D eigenvalue weighted by atomic mass is 10.2. The molecule has 5 aromatic rings. The van der Waals surface area contributed by atoms with E-state index in [-0.39, 0.29) is 11.4 Å². The third-order valence-electron chi connectivity index (χ3n) is 4.64. The van der Waals surface area contributed by atoms with E-state index in [1.807, 2.05) is 54.6 Å². The second kappa shape index (κ2) is 7.14. The molecule has 6 heteroatoms. The second-order valence-corrected chi connectivity index (χ2v) is 7.63. The monoisotopic (exact) mass is 402 g/mol. The zero-order valence-corrected chi connectivity index (χ0v) is 16.0. The van der Waals surface area contributed by atoms with E-state index in [1.54, 1.807) is 16.5 Å². The minimum Gasteiger partial charge on any atom is -0.489 e. The fraction of sp³-hybridized carbons (Fsp3) is 0.0435. The Morgan fingerprint density at radius 1 is 1.00 bits per heavy atom. The quantitative estimate of drug-likeness (QED) is 0.453. The van der Waals surface area contributed by atoms with Crippen molar-refractivity contribution in [1.82, 2.24) is 9.38 Å². The van der Waals surface area contributed by atoms with Crippen molar-refractivity contribution in [2.75, 3.05) is 0 Å². The van der Waals surface area contributed by atoms with Gasteiger partial charge >= 0.3 is 0 Å². The van der Waals surface area contributed by atoms with Crippen molar-refractivity contribution in [2.24, 2.45) is 0 Å². The number of hydrogen-bond acceptors (Lipinski definition) is 4. The van der Waals surface area contributed by atoms with E-state index in [1.165, 1.54) is 23.5 Å². The van der Waals surface area contributed by atoms with E-state index in [2.05, 4.69) is 4.98 Å². The Balaban J connectivity index is 1.40. The lowest BCUT2D eigenvalue weighted by molar-refractivity contribution is 0.306. The van der Waals surface area contributed by atoms with E-state index < -0.39 is 0 Å². The second-order valence-electron chi connectivity index (χ2n) is 6.62. The van der Waals surface area contributed by atoms with Gasteiger partial charge in [0.05, 0.1) is 15.6 Å². The predicted octanol–water partition coefficient (Wildman–Crippen LogP) is 4.18. The molecule has 2 aromatic heterocycles. The molecule has 0 aliphatic heterocycles. The van der Waals surface area contributed by atoms with E-state index in [0.29, 0.717) is 21.8 Å². The van der Waals surface area contributed by atoms with Crippen LogP contribution in [0.25, 0.3) is 22.1 Å². The number of aromatic nitrogens is 2. The fourth-order valence-electron chi connectivity index (χ4n) is 3.17. The smallest absolute Gasteiger partial charge is 0.274 e. The molecule has 0 bridgehead atoms. The summed E-state index contributed by atoms with van der Waals surface area (Å²) in [5.41, 5.74) is 3.39. The Morgan fingerprint density at radius 3 is 2.55 bits per heavy atom. The number of para-hydroxylation sites is 2. The standard InChI is InChI=1S/C23H15FN2O2S/c24-17-9-5-16(6-10-17)14-28-18-11-7-15(8-12-18)13-21-22(27)26-20-4-2-1-3-19(20)25-23(26)29-21/h1-13H,14H2. The number of benzene rings is 3. The van der Waals surface area contributed by atoms with Gasteiger partial charge < -0.3 is 4.74 Å². The lowest BCUT2D eigenvalue weighted by Crippen LogP contribution is -2.22. The van der Waals surface area contributed by atoms with Crippen molar-refractivity contribution in [2.45, 2.75) is 6.61 Å². The van der Waals surface area contributed by atoms with E-state index in [4.69, 9.17) is 4.74 Å². The van der Waals surface area contributed by atoms with Gasteiger partial charge in [-0.15, -0.1) is 0 Å². The molecule has 0 saturated heterocycles. The maximum atomic E-state index is 13.0. The minimum absolute atomic E-state index is 0.0599. The summed E-state index contributed by atoms with van der Waals surface area (Å²) in [6.07, 6.45) is 1.86. The zero-order valence-electron chi connectivity index (χ0n) is 15.2. The molecule has 0 spiro atoms. The third-order valence-corrected chi connectivity index (χ3v) is 5.61. The van der Waals surface area contributed by atoms with Crippen molar-refractivity contribution >= 4 is 33.4 Å². The Morgan fingerprint density at radius 2 is 1.76 bits per heavy atom. The molecule has 3 aromatic carbocycles. The minimum atomic E-state index is -0.264. The number of nitrogens with zero attached hydrogens (tertiary/aromatic N) is 2. The average molecular weight is 402 g/mol. The van der Waals surface area contributed by atoms with Crippen LogP contribution in [0.15, 0.2) is 77.6 Å². The molecular formula is C23H15FN2O2S. The number of rotatable bonds is 4. The molecule has 0 saturated carbocycles. The highest BCUT2D eigenvalue weighted by Crippen LogP contribution is 2.17. The summed E-state index contributed by atoms with van der Waals surface area (Å²) in [6, 6.07) is 21.4. The molecular weight excluding hydrogens is 387 g/mol. The number of ether oxygens (including phenoxy) is 1. The molecule has 0 radical (unpaired) electrons. The first-order chi connectivity index (χ1) is 14.2. The van der Waals surface area contributed by atoms with Gasteiger partial charge in [-0.2, -0.15) is 0 Å². The van der Waals surface area contributed by atoms with Crippen molar-refractivity contribution in [3.8, 4) is 5.75 Å². The summed E-state index contributed by atoms with van der Waals surface area (Å²) in [7, 11) is 0. The van der Waals surface area contributed by atoms with Gasteiger partial charge in [0, 0.05) is 0 Å². The predicted molar refractivity (Wildman–Crippen MR) is 113 cm³/mol. The summed E-state index contributed by atoms with van der Waals surface area (Å²) in [6.45, 7) is 0.364. The Kier molecular flexibility index (Phi) is 4.33. The first-order valence-electron chi connectivity index (χ1n) is 9.06. The molecule has 142 valence electrons. The van der Waals surface area contributed by atoms with Crippen molar-refractivity contribution in [1.29, 1.82) is 0 Å². The van der Waals surface area contributed by atoms with Crippen LogP contribution in [0.3, 0.4) is 0 Å². The molecule has 2 heterocycles. The van der Waals surface area contributed by atoms with Gasteiger partial charge in [0.1, 0.15) is 18.2 Å². The van der Waals surface area contributed by atoms with E-state index in [9.17, 15) is 9.18 Å². The SMILES string of the molecule is O=c1c(=Cc2ccc(OCc3ccc(F)cc3)cc2)sc2nc3ccccc3n12. The normalized spacial score (nSPS) is 12.1. The molecule has 0 atom stereocenters. The molecule has 0 aliphatic carbocycles. The third kappa shape index (κ3) is 3.39. The van der Waals surface area contributed by atoms with E-state index in [0.717, 1.165) is 22.2 Å². The van der Waals surface area contributed by atoms with Gasteiger partial charge in [-0.1, -0.05) is 47.7 Å². The highest BCUT2D eigenvalue weighted by Gasteiger charge is 2.10. The van der Waals surface area contributed by atoms with Crippen LogP contribution in [0.2, 0.25) is 0 Å². The molecule has 0 unspecified atom stereocenters. The number of thiazole rings is 1. The van der Waals surface area contributed by atoms with Crippen LogP contribution < -0.4 is 14.8 Å². The summed E-state index contributed by atoms with van der Waals surface area (Å²) in [4.78, 5) is 18.0. The first kappa shape index (κ1) is 17.6. The Hall–Kier alpha value is -3.51. The van der Waals surface area contributed by atoms with Crippen LogP contribution in [0.4, 0.5) is 4.39 Å². The van der Waals surface area contributed by atoms with Crippen LogP contribution in [-0.2, 0) is 6.61 Å². The summed E-state index contributed by atoms with van der Waals surface area (Å²) < 4.78 is 21.0. The molecule has 0 N–H and O–H groups in total. The van der Waals surface area contributed by atoms with Crippen molar-refractivity contribution in [3.63, 3.8) is 0 Å². The van der Waals surface area contributed by atoms with E-state index >= 15 is 0 Å². The van der Waals surface area contributed by atoms with Gasteiger partial charge in [0.2, 0.25) is 0 Å². The zero-order chi connectivity index (χ0) is 19.8. The fourth-order valence-corrected chi connectivity index (χ4v) is 4.16. The van der Waals surface area contributed by atoms with Crippen molar-refractivity contribution in [3.05, 3.63) is 105 Å². The summed E-state index contributed by atoms with van der Waals surface area (Å²) >= 11 is 1.38. The van der Waals surface area contributed by atoms with Crippen LogP contribution in [0.1, 0.15) is 11.1 Å². The number of halogens is 1. The van der Waals surface area contributed by atoms with Gasteiger partial charge in [-0.05, 0) is 53.6 Å². The lowest BCUT2D eigenvalue weighted by Gasteiger charge is -2.06. The molecule has 0 amide bonds. The van der Waals surface area contributed by atoms with Gasteiger partial charge in [-0.3, -0.25) is 4.79 Å². The van der Waals surface area contributed by atoms with Gasteiger partial charge in [0.15, 0.2) is 4.96 Å². The van der Waals surface area contributed by atoms with Gasteiger partial charge in [-0.25, -0.2) is 13.8 Å². The topological polar surface area (TPSA) is 43.6 Å². The Labute approximate surface area is 169 Å². The van der Waals surface area contributed by atoms with Crippen molar-refractivity contribution < 1.29 is 9.13 Å². The molecule has 29 heavy (non-hydrogen) atoms. The summed E-state index contributed by atoms with van der Waals surface area (Å²) in [5.74, 6) is 0.446. The number of hydrogen-bond donors (Lipinski definition) is 0. The number of fused-ring (bicyclic) bond motifs is 3. The highest BCUT2D eigenvalue weighted by atomic mass is 32.1. The van der Waals surface area contributed by atoms with Crippen LogP contribution in [0.5, 0.6) is 5.75 Å². The van der Waals surface area contributed by atoms with Gasteiger partial charge in [0.25, 0.3) is 5.56 Å². The largest absolute Gasteiger partial charge is 0.489 e. The molecule has 0 aliphatic rings. The molecule has 5 rings (SSSR count). The molecule has 4 nitrogen and oxygen atoms in total. The van der Waals surface area contributed by atoms with Crippen LogP contribution in [0, 0.1) is 5.82 Å². The maximum absolute atomic E-state index is 13.0. The van der Waals surface area contributed by atoms with Crippen LogP contribution >= 0.6 is 11.3 Å². The highest BCUT2D eigenvalue weighted by molar-refractivity contribution is 7.15. The maximum Gasteiger partial charge on any atom is 0.274 e. The first-order valence-corrected chi connectivity index (χ1v) is 9.88. The Bertz CT molecular complexity index is 1420. The van der Waals surface area contributed by atoms with Crippen LogP contribution in [-0.4, -0.2) is 9.38 Å².